The maximum Gasteiger partial charge on any atom is 0.320 e. The normalized spacial score (nSPS) is 20.5. The van der Waals surface area contributed by atoms with Gasteiger partial charge in [-0.05, 0) is 25.3 Å². The maximum atomic E-state index is 12.1. The van der Waals surface area contributed by atoms with E-state index in [2.05, 4.69) is 26.4 Å². The zero-order valence-corrected chi connectivity index (χ0v) is 14.3. The summed E-state index contributed by atoms with van der Waals surface area (Å²) in [5.74, 6) is 0.468. The predicted octanol–water partition coefficient (Wildman–Crippen LogP) is 1.53. The van der Waals surface area contributed by atoms with Crippen molar-refractivity contribution >= 4 is 29.1 Å². The summed E-state index contributed by atoms with van der Waals surface area (Å²) in [7, 11) is 0. The van der Waals surface area contributed by atoms with Crippen LogP contribution in [0, 0.1) is 6.92 Å². The molecule has 8 nitrogen and oxygen atoms in total. The highest BCUT2D eigenvalue weighted by Crippen LogP contribution is 2.17. The van der Waals surface area contributed by atoms with E-state index >= 15 is 0 Å². The van der Waals surface area contributed by atoms with E-state index in [-0.39, 0.29) is 18.0 Å². The van der Waals surface area contributed by atoms with Gasteiger partial charge >= 0.3 is 6.03 Å². The lowest BCUT2D eigenvalue weighted by Crippen LogP contribution is -2.52. The van der Waals surface area contributed by atoms with Crippen LogP contribution >= 0.6 is 11.3 Å². The number of hydrogen-bond acceptors (Lipinski definition) is 5. The number of hydrogen-bond donors (Lipinski definition) is 4. The van der Waals surface area contributed by atoms with Gasteiger partial charge in [-0.15, -0.1) is 11.3 Å². The standard InChI is InChI=1S/C15H20N6O2S/c1-9-7-13(22)19-14(17-9)21-12(6-10(2)20-21)18-15(23)16-8-11-4-3-5-24-11/h3-6,9,14,17H,7-8H2,1-2H3,(H,19,22)(H2,16,18,23). The van der Waals surface area contributed by atoms with Crippen LogP contribution in [0.25, 0.3) is 0 Å². The molecule has 0 saturated carbocycles. The minimum Gasteiger partial charge on any atom is -0.333 e. The van der Waals surface area contributed by atoms with Gasteiger partial charge in [-0.25, -0.2) is 9.48 Å². The highest BCUT2D eigenvalue weighted by molar-refractivity contribution is 7.09. The number of carbonyl (C=O) groups is 2. The highest BCUT2D eigenvalue weighted by Gasteiger charge is 2.26. The zero-order chi connectivity index (χ0) is 17.1. The number of thiophene rings is 1. The molecule has 1 saturated heterocycles. The highest BCUT2D eigenvalue weighted by atomic mass is 32.1. The quantitative estimate of drug-likeness (QED) is 0.673. The van der Waals surface area contributed by atoms with Crippen molar-refractivity contribution in [1.29, 1.82) is 0 Å². The maximum absolute atomic E-state index is 12.1. The Morgan fingerprint density at radius 3 is 3.08 bits per heavy atom. The monoisotopic (exact) mass is 348 g/mol. The average molecular weight is 348 g/mol. The molecule has 2 unspecified atom stereocenters. The first-order valence-electron chi connectivity index (χ1n) is 7.70. The number of aryl methyl sites for hydroxylation is 1. The zero-order valence-electron chi connectivity index (χ0n) is 13.5. The average Bonchev–Trinajstić information content (AvgIpc) is 3.14. The molecule has 2 aromatic rings. The first-order valence-corrected chi connectivity index (χ1v) is 8.58. The Labute approximate surface area is 143 Å². The molecule has 3 amide bonds. The number of urea groups is 1. The van der Waals surface area contributed by atoms with Gasteiger partial charge in [0.25, 0.3) is 0 Å². The third-order valence-corrected chi connectivity index (χ3v) is 4.46. The Kier molecular flexibility index (Phi) is 4.81. The summed E-state index contributed by atoms with van der Waals surface area (Å²) in [5.41, 5.74) is 0.748. The molecule has 2 atom stereocenters. The molecule has 2 aromatic heterocycles. The molecule has 24 heavy (non-hydrogen) atoms. The van der Waals surface area contributed by atoms with Crippen LogP contribution in [-0.4, -0.2) is 27.8 Å². The van der Waals surface area contributed by atoms with Crippen LogP contribution in [0.1, 0.15) is 30.2 Å². The van der Waals surface area contributed by atoms with Crippen molar-refractivity contribution in [3.05, 3.63) is 34.2 Å². The summed E-state index contributed by atoms with van der Waals surface area (Å²) >= 11 is 1.58. The Hall–Kier alpha value is -2.39. The molecule has 0 radical (unpaired) electrons. The van der Waals surface area contributed by atoms with Gasteiger partial charge < -0.3 is 10.6 Å². The van der Waals surface area contributed by atoms with Gasteiger partial charge in [0.1, 0.15) is 5.82 Å². The van der Waals surface area contributed by atoms with Gasteiger partial charge in [0.2, 0.25) is 5.91 Å². The van der Waals surface area contributed by atoms with Crippen molar-refractivity contribution in [2.45, 2.75) is 39.1 Å². The van der Waals surface area contributed by atoms with Gasteiger partial charge in [-0.2, -0.15) is 5.10 Å². The Balaban J connectivity index is 1.67. The van der Waals surface area contributed by atoms with Gasteiger partial charge in [-0.3, -0.25) is 15.4 Å². The fourth-order valence-corrected chi connectivity index (χ4v) is 3.18. The predicted molar refractivity (Wildman–Crippen MR) is 91.5 cm³/mol. The minimum atomic E-state index is -0.484. The lowest BCUT2D eigenvalue weighted by Gasteiger charge is -2.30. The van der Waals surface area contributed by atoms with E-state index in [1.54, 1.807) is 22.1 Å². The Morgan fingerprint density at radius 1 is 1.54 bits per heavy atom. The van der Waals surface area contributed by atoms with E-state index in [0.29, 0.717) is 18.8 Å². The molecule has 0 spiro atoms. The molecule has 1 fully saturated rings. The van der Waals surface area contributed by atoms with E-state index < -0.39 is 6.29 Å². The third kappa shape index (κ3) is 3.92. The lowest BCUT2D eigenvalue weighted by atomic mass is 10.2. The number of anilines is 1. The number of amides is 3. The second-order valence-corrected chi connectivity index (χ2v) is 6.78. The van der Waals surface area contributed by atoms with Crippen molar-refractivity contribution in [1.82, 2.24) is 25.7 Å². The largest absolute Gasteiger partial charge is 0.333 e. The molecular formula is C15H20N6O2S. The Bertz CT molecular complexity index is 726. The second kappa shape index (κ2) is 7.02. The van der Waals surface area contributed by atoms with E-state index in [1.807, 2.05) is 31.4 Å². The van der Waals surface area contributed by atoms with Crippen molar-refractivity contribution in [3.63, 3.8) is 0 Å². The van der Waals surface area contributed by atoms with Gasteiger partial charge in [0.15, 0.2) is 6.29 Å². The first kappa shape index (κ1) is 16.5. The molecule has 128 valence electrons. The van der Waals surface area contributed by atoms with Crippen molar-refractivity contribution in [2.24, 2.45) is 0 Å². The molecule has 9 heteroatoms. The number of rotatable bonds is 4. The number of nitrogens with zero attached hydrogens (tertiary/aromatic N) is 2. The SMILES string of the molecule is Cc1cc(NC(=O)NCc2cccs2)n(C2NC(=O)CC(C)N2)n1. The van der Waals surface area contributed by atoms with Crippen LogP contribution in [-0.2, 0) is 11.3 Å². The molecule has 3 heterocycles. The summed E-state index contributed by atoms with van der Waals surface area (Å²) in [6, 6.07) is 5.38. The molecule has 4 N–H and O–H groups in total. The lowest BCUT2D eigenvalue weighted by molar-refractivity contribution is -0.125. The molecule has 0 bridgehead atoms. The van der Waals surface area contributed by atoms with E-state index in [9.17, 15) is 9.59 Å². The molecule has 1 aliphatic heterocycles. The van der Waals surface area contributed by atoms with E-state index in [4.69, 9.17) is 0 Å². The minimum absolute atomic E-state index is 0.0359. The Morgan fingerprint density at radius 2 is 2.38 bits per heavy atom. The fraction of sp³-hybridized carbons (Fsp3) is 0.400. The van der Waals surface area contributed by atoms with E-state index in [0.717, 1.165) is 10.6 Å². The molecule has 0 aliphatic carbocycles. The summed E-state index contributed by atoms with van der Waals surface area (Å²) in [6.07, 6.45) is -0.0663. The van der Waals surface area contributed by atoms with Crippen LogP contribution < -0.4 is 21.3 Å². The van der Waals surface area contributed by atoms with Crippen LogP contribution in [0.15, 0.2) is 23.6 Å². The number of carbonyl (C=O) groups excluding carboxylic acids is 2. The molecule has 3 rings (SSSR count). The van der Waals surface area contributed by atoms with Crippen molar-refractivity contribution < 1.29 is 9.59 Å². The van der Waals surface area contributed by atoms with Crippen LogP contribution in [0.4, 0.5) is 10.6 Å². The van der Waals surface area contributed by atoms with Gasteiger partial charge in [0.05, 0.1) is 12.2 Å². The van der Waals surface area contributed by atoms with Gasteiger partial charge in [-0.1, -0.05) is 6.07 Å². The number of aromatic nitrogens is 2. The number of nitrogens with one attached hydrogen (secondary N) is 4. The first-order chi connectivity index (χ1) is 11.5. The summed E-state index contributed by atoms with van der Waals surface area (Å²) in [4.78, 5) is 24.9. The molecule has 1 aliphatic rings. The van der Waals surface area contributed by atoms with Gasteiger partial charge in [0, 0.05) is 23.4 Å². The smallest absolute Gasteiger partial charge is 0.320 e. The van der Waals surface area contributed by atoms with Crippen LogP contribution in [0.5, 0.6) is 0 Å². The van der Waals surface area contributed by atoms with Crippen LogP contribution in [0.3, 0.4) is 0 Å². The van der Waals surface area contributed by atoms with Crippen LogP contribution in [0.2, 0.25) is 0 Å². The fourth-order valence-electron chi connectivity index (χ4n) is 2.54. The summed E-state index contributed by atoms with van der Waals surface area (Å²) < 4.78 is 1.58. The topological polar surface area (TPSA) is 100 Å². The van der Waals surface area contributed by atoms with Crippen molar-refractivity contribution in [3.8, 4) is 0 Å². The third-order valence-electron chi connectivity index (χ3n) is 3.58. The summed E-state index contributed by atoms with van der Waals surface area (Å²) in [6.45, 7) is 4.23. The van der Waals surface area contributed by atoms with E-state index in [1.165, 1.54) is 0 Å². The second-order valence-electron chi connectivity index (χ2n) is 5.74. The van der Waals surface area contributed by atoms with Crippen molar-refractivity contribution in [2.75, 3.05) is 5.32 Å². The molecular weight excluding hydrogens is 328 g/mol. The molecule has 0 aromatic carbocycles. The summed E-state index contributed by atoms with van der Waals surface area (Å²) in [5, 5.41) is 18.0.